The van der Waals surface area contributed by atoms with E-state index in [-0.39, 0.29) is 11.7 Å². The Labute approximate surface area is 158 Å². The van der Waals surface area contributed by atoms with Gasteiger partial charge in [0.1, 0.15) is 11.6 Å². The molecule has 144 valence electrons. The highest BCUT2D eigenvalue weighted by Crippen LogP contribution is 2.14. The van der Waals surface area contributed by atoms with Crippen LogP contribution < -0.4 is 10.1 Å². The van der Waals surface area contributed by atoms with E-state index in [9.17, 15) is 14.0 Å². The fourth-order valence-corrected chi connectivity index (χ4v) is 2.31. The predicted molar refractivity (Wildman–Crippen MR) is 100 cm³/mol. The highest BCUT2D eigenvalue weighted by Gasteiger charge is 2.18. The summed E-state index contributed by atoms with van der Waals surface area (Å²) in [7, 11) is 0. The minimum Gasteiger partial charge on any atom is -0.494 e. The molecule has 0 fully saturated rings. The number of ether oxygens (including phenoxy) is 2. The molecular formula is C21H24FNO4. The molecule has 2 aromatic carbocycles. The van der Waals surface area contributed by atoms with Crippen molar-refractivity contribution < 1.29 is 23.5 Å². The first-order chi connectivity index (χ1) is 13.0. The van der Waals surface area contributed by atoms with Gasteiger partial charge in [0, 0.05) is 6.54 Å². The second-order valence-electron chi connectivity index (χ2n) is 6.09. The fourth-order valence-electron chi connectivity index (χ4n) is 2.31. The third-order valence-electron chi connectivity index (χ3n) is 3.84. The van der Waals surface area contributed by atoms with Gasteiger partial charge in [-0.05, 0) is 61.7 Å². The number of carbonyl (C=O) groups is 2. The average Bonchev–Trinajstić information content (AvgIpc) is 2.68. The van der Waals surface area contributed by atoms with Crippen LogP contribution in [0.15, 0.2) is 48.5 Å². The van der Waals surface area contributed by atoms with Crippen molar-refractivity contribution in [3.05, 3.63) is 65.5 Å². The van der Waals surface area contributed by atoms with Gasteiger partial charge in [0.25, 0.3) is 5.91 Å². The van der Waals surface area contributed by atoms with E-state index in [4.69, 9.17) is 9.47 Å². The van der Waals surface area contributed by atoms with Crippen LogP contribution in [0.2, 0.25) is 0 Å². The second-order valence-corrected chi connectivity index (χ2v) is 6.09. The first-order valence-corrected chi connectivity index (χ1v) is 8.95. The molecule has 0 saturated carbocycles. The summed E-state index contributed by atoms with van der Waals surface area (Å²) < 4.78 is 23.5. The average molecular weight is 373 g/mol. The number of carbonyl (C=O) groups excluding carboxylic acids is 2. The van der Waals surface area contributed by atoms with Crippen LogP contribution >= 0.6 is 0 Å². The molecule has 27 heavy (non-hydrogen) atoms. The van der Waals surface area contributed by atoms with Crippen molar-refractivity contribution in [2.45, 2.75) is 32.8 Å². The lowest BCUT2D eigenvalue weighted by Crippen LogP contribution is -2.36. The van der Waals surface area contributed by atoms with E-state index in [1.54, 1.807) is 36.4 Å². The first kappa shape index (κ1) is 20.4. The van der Waals surface area contributed by atoms with E-state index >= 15 is 0 Å². The van der Waals surface area contributed by atoms with Crippen molar-refractivity contribution >= 4 is 11.9 Å². The van der Waals surface area contributed by atoms with Crippen molar-refractivity contribution in [1.82, 2.24) is 5.32 Å². The molecule has 0 unspecified atom stereocenters. The van der Waals surface area contributed by atoms with E-state index in [2.05, 4.69) is 5.32 Å². The Morgan fingerprint density at radius 2 is 1.74 bits per heavy atom. The van der Waals surface area contributed by atoms with Gasteiger partial charge in [-0.25, -0.2) is 9.18 Å². The molecule has 0 saturated heterocycles. The molecule has 6 heteroatoms. The second kappa shape index (κ2) is 10.3. The fraction of sp³-hybridized carbons (Fsp3) is 0.333. The zero-order chi connectivity index (χ0) is 19.6. The number of hydrogen-bond donors (Lipinski definition) is 1. The minimum atomic E-state index is -0.915. The summed E-state index contributed by atoms with van der Waals surface area (Å²) in [6.45, 7) is 4.51. The van der Waals surface area contributed by atoms with Gasteiger partial charge in [-0.2, -0.15) is 0 Å². The lowest BCUT2D eigenvalue weighted by atomic mass is 10.1. The maximum absolute atomic E-state index is 12.9. The van der Waals surface area contributed by atoms with Gasteiger partial charge >= 0.3 is 5.97 Å². The van der Waals surface area contributed by atoms with Crippen LogP contribution in [0, 0.1) is 5.82 Å². The van der Waals surface area contributed by atoms with Gasteiger partial charge in [0.05, 0.1) is 12.2 Å². The van der Waals surface area contributed by atoms with Crippen molar-refractivity contribution in [1.29, 1.82) is 0 Å². The van der Waals surface area contributed by atoms with Crippen LogP contribution in [0.1, 0.15) is 36.2 Å². The van der Waals surface area contributed by atoms with E-state index in [1.165, 1.54) is 19.1 Å². The third-order valence-corrected chi connectivity index (χ3v) is 3.84. The number of nitrogens with one attached hydrogen (secondary N) is 1. The molecule has 2 aromatic rings. The number of halogens is 1. The van der Waals surface area contributed by atoms with Crippen LogP contribution in [-0.4, -0.2) is 31.1 Å². The normalized spacial score (nSPS) is 11.5. The Morgan fingerprint density at radius 1 is 1.07 bits per heavy atom. The number of esters is 1. The maximum Gasteiger partial charge on any atom is 0.338 e. The van der Waals surface area contributed by atoms with Gasteiger partial charge < -0.3 is 14.8 Å². The molecule has 0 aliphatic heterocycles. The molecule has 0 heterocycles. The van der Waals surface area contributed by atoms with Crippen LogP contribution in [0.3, 0.4) is 0 Å². The van der Waals surface area contributed by atoms with Crippen molar-refractivity contribution in [2.24, 2.45) is 0 Å². The summed E-state index contributed by atoms with van der Waals surface area (Å²) in [5.41, 5.74) is 1.26. The van der Waals surface area contributed by atoms with Gasteiger partial charge in [0.2, 0.25) is 0 Å². The molecule has 0 aliphatic carbocycles. The minimum absolute atomic E-state index is 0.298. The highest BCUT2D eigenvalue weighted by molar-refractivity contribution is 5.92. The molecule has 1 N–H and O–H groups in total. The molecule has 0 spiro atoms. The van der Waals surface area contributed by atoms with Crippen molar-refractivity contribution in [2.75, 3.05) is 13.2 Å². The number of rotatable bonds is 9. The molecule has 0 aromatic heterocycles. The molecule has 5 nitrogen and oxygen atoms in total. The van der Waals surface area contributed by atoms with Crippen LogP contribution in [-0.2, 0) is 16.0 Å². The summed E-state index contributed by atoms with van der Waals surface area (Å²) in [4.78, 5) is 24.2. The van der Waals surface area contributed by atoms with Gasteiger partial charge in [-0.15, -0.1) is 0 Å². The van der Waals surface area contributed by atoms with E-state index < -0.39 is 12.1 Å². The topological polar surface area (TPSA) is 64.6 Å². The highest BCUT2D eigenvalue weighted by atomic mass is 19.1. The Balaban J connectivity index is 1.77. The predicted octanol–water partition coefficient (Wildman–Crippen LogP) is 3.52. The summed E-state index contributed by atoms with van der Waals surface area (Å²) >= 11 is 0. The van der Waals surface area contributed by atoms with Crippen molar-refractivity contribution in [3.63, 3.8) is 0 Å². The lowest BCUT2D eigenvalue weighted by Gasteiger charge is -2.14. The summed E-state index contributed by atoms with van der Waals surface area (Å²) in [6.07, 6.45) is 0.547. The summed E-state index contributed by atoms with van der Waals surface area (Å²) in [5.74, 6) is -0.570. The van der Waals surface area contributed by atoms with E-state index in [0.29, 0.717) is 30.9 Å². The van der Waals surface area contributed by atoms with Crippen molar-refractivity contribution in [3.8, 4) is 5.75 Å². The monoisotopic (exact) mass is 373 g/mol. The van der Waals surface area contributed by atoms with Gasteiger partial charge in [0.15, 0.2) is 6.10 Å². The van der Waals surface area contributed by atoms with Gasteiger partial charge in [-0.3, -0.25) is 4.79 Å². The quantitative estimate of drug-likeness (QED) is 0.683. The third kappa shape index (κ3) is 6.73. The number of amides is 1. The maximum atomic E-state index is 12.9. The number of hydrogen-bond acceptors (Lipinski definition) is 4. The first-order valence-electron chi connectivity index (χ1n) is 8.95. The smallest absolute Gasteiger partial charge is 0.338 e. The van der Waals surface area contributed by atoms with Crippen LogP contribution in [0.5, 0.6) is 5.75 Å². The molecule has 1 atom stereocenters. The largest absolute Gasteiger partial charge is 0.494 e. The molecule has 0 aliphatic rings. The zero-order valence-electron chi connectivity index (χ0n) is 15.5. The van der Waals surface area contributed by atoms with E-state index in [0.717, 1.165) is 12.0 Å². The van der Waals surface area contributed by atoms with E-state index in [1.807, 2.05) is 6.92 Å². The van der Waals surface area contributed by atoms with Crippen LogP contribution in [0.25, 0.3) is 0 Å². The Kier molecular flexibility index (Phi) is 7.79. The lowest BCUT2D eigenvalue weighted by molar-refractivity contribution is -0.129. The molecular weight excluding hydrogens is 349 g/mol. The zero-order valence-corrected chi connectivity index (χ0v) is 15.5. The molecule has 0 bridgehead atoms. The Hall–Kier alpha value is -2.89. The Bertz CT molecular complexity index is 744. The molecule has 0 radical (unpaired) electrons. The molecule has 2 rings (SSSR count). The number of benzene rings is 2. The van der Waals surface area contributed by atoms with Crippen LogP contribution in [0.4, 0.5) is 4.39 Å². The summed E-state index contributed by atoms with van der Waals surface area (Å²) in [6, 6.07) is 12.7. The molecule has 1 amide bonds. The SMILES string of the molecule is CCCOc1ccc(C(=O)O[C@@H](C)C(=O)NCCc2ccc(F)cc2)cc1. The summed E-state index contributed by atoms with van der Waals surface area (Å²) in [5, 5.41) is 2.70. The van der Waals surface area contributed by atoms with Gasteiger partial charge in [-0.1, -0.05) is 19.1 Å². The Morgan fingerprint density at radius 3 is 2.37 bits per heavy atom. The standard InChI is InChI=1S/C21H24FNO4/c1-3-14-26-19-10-6-17(7-11-19)21(25)27-15(2)20(24)23-13-12-16-4-8-18(22)9-5-16/h4-11,15H,3,12-14H2,1-2H3,(H,23,24)/t15-/m0/s1.